The summed E-state index contributed by atoms with van der Waals surface area (Å²) in [5.41, 5.74) is -0.968. The van der Waals surface area contributed by atoms with E-state index in [-0.39, 0.29) is 5.91 Å². The fraction of sp³-hybridized carbons (Fsp3) is 0.636. The van der Waals surface area contributed by atoms with Crippen molar-refractivity contribution in [1.29, 1.82) is 5.26 Å². The molecule has 0 aliphatic rings. The van der Waals surface area contributed by atoms with Crippen LogP contribution in [0.3, 0.4) is 0 Å². The molecule has 17 heavy (non-hydrogen) atoms. The Bertz CT molecular complexity index is 435. The average Bonchev–Trinajstić information content (AvgIpc) is 2.74. The van der Waals surface area contributed by atoms with Crippen LogP contribution in [0.1, 0.15) is 32.0 Å². The summed E-state index contributed by atoms with van der Waals surface area (Å²) >= 11 is 0. The van der Waals surface area contributed by atoms with E-state index in [2.05, 4.69) is 15.5 Å². The van der Waals surface area contributed by atoms with Gasteiger partial charge in [0, 0.05) is 13.0 Å². The molecule has 1 rings (SSSR count). The molecule has 1 unspecified atom stereocenters. The molecule has 1 heterocycles. The predicted molar refractivity (Wildman–Crippen MR) is 59.8 cm³/mol. The van der Waals surface area contributed by atoms with Crippen LogP contribution in [0, 0.1) is 23.7 Å². The lowest BCUT2D eigenvalue weighted by Crippen LogP contribution is -2.38. The molecule has 1 amide bonds. The first-order valence-corrected chi connectivity index (χ1v) is 5.50. The maximum Gasteiger partial charge on any atom is 0.240 e. The largest absolute Gasteiger partial charge is 0.354 e. The molecule has 92 valence electrons. The number of amides is 1. The van der Waals surface area contributed by atoms with Gasteiger partial charge in [-0.1, -0.05) is 12.1 Å². The average molecular weight is 236 g/mol. The van der Waals surface area contributed by atoms with E-state index >= 15 is 0 Å². The number of aromatic nitrogens is 2. The highest BCUT2D eigenvalue weighted by Crippen LogP contribution is 2.19. The van der Waals surface area contributed by atoms with Gasteiger partial charge in [-0.15, -0.1) is 0 Å². The number of nitrogens with zero attached hydrogens (tertiary/aromatic N) is 3. The van der Waals surface area contributed by atoms with Gasteiger partial charge >= 0.3 is 0 Å². The lowest BCUT2D eigenvalue weighted by molar-refractivity contribution is -0.127. The van der Waals surface area contributed by atoms with Crippen molar-refractivity contribution in [3.63, 3.8) is 0 Å². The summed E-state index contributed by atoms with van der Waals surface area (Å²) in [7, 11) is 0. The molecule has 0 saturated heterocycles. The molecule has 1 atom stereocenters. The lowest BCUT2D eigenvalue weighted by atomic mass is 9.88. The van der Waals surface area contributed by atoms with Crippen LogP contribution in [0.25, 0.3) is 0 Å². The van der Waals surface area contributed by atoms with Crippen LogP contribution in [-0.4, -0.2) is 22.6 Å². The topological polar surface area (TPSA) is 91.8 Å². The molecule has 6 nitrogen and oxygen atoms in total. The van der Waals surface area contributed by atoms with Crippen molar-refractivity contribution in [3.05, 3.63) is 11.7 Å². The number of rotatable bonds is 5. The Hall–Kier alpha value is -1.90. The third-order valence-corrected chi connectivity index (χ3v) is 2.65. The zero-order chi connectivity index (χ0) is 12.9. The molecule has 0 spiro atoms. The summed E-state index contributed by atoms with van der Waals surface area (Å²) in [6, 6.07) is 2.02. The van der Waals surface area contributed by atoms with Crippen molar-refractivity contribution >= 4 is 5.91 Å². The Balaban J connectivity index is 2.42. The van der Waals surface area contributed by atoms with Crippen molar-refractivity contribution in [2.24, 2.45) is 5.41 Å². The molecule has 1 aromatic heterocycles. The van der Waals surface area contributed by atoms with Gasteiger partial charge in [0.1, 0.15) is 5.41 Å². The number of nitriles is 1. The van der Waals surface area contributed by atoms with Crippen LogP contribution in [0.4, 0.5) is 0 Å². The molecule has 0 radical (unpaired) electrons. The van der Waals surface area contributed by atoms with Crippen molar-refractivity contribution in [1.82, 2.24) is 15.5 Å². The zero-order valence-corrected chi connectivity index (χ0v) is 10.3. The second kappa shape index (κ2) is 5.43. The summed E-state index contributed by atoms with van der Waals surface area (Å²) in [4.78, 5) is 15.7. The summed E-state index contributed by atoms with van der Waals surface area (Å²) in [5.74, 6) is 0.790. The molecular formula is C11H16N4O2. The van der Waals surface area contributed by atoms with Gasteiger partial charge in [-0.3, -0.25) is 4.79 Å². The van der Waals surface area contributed by atoms with Crippen molar-refractivity contribution in [3.8, 4) is 6.07 Å². The minimum absolute atomic E-state index is 0.265. The van der Waals surface area contributed by atoms with Gasteiger partial charge in [0.05, 0.1) is 6.07 Å². The van der Waals surface area contributed by atoms with E-state index < -0.39 is 5.41 Å². The lowest BCUT2D eigenvalue weighted by Gasteiger charge is -2.17. The van der Waals surface area contributed by atoms with Crippen molar-refractivity contribution in [2.45, 2.75) is 33.6 Å². The van der Waals surface area contributed by atoms with Gasteiger partial charge in [-0.05, 0) is 20.3 Å². The standard InChI is InChI=1S/C11H16N4O2/c1-4-11(3,7-12)10(16)13-6-5-9-14-8(2)15-17-9/h4-6H2,1-3H3,(H,13,16). The van der Waals surface area contributed by atoms with Crippen LogP contribution in [0.2, 0.25) is 0 Å². The van der Waals surface area contributed by atoms with E-state index in [4.69, 9.17) is 9.78 Å². The third-order valence-electron chi connectivity index (χ3n) is 2.65. The maximum atomic E-state index is 11.7. The normalized spacial score (nSPS) is 13.8. The predicted octanol–water partition coefficient (Wildman–Crippen LogP) is 0.977. The van der Waals surface area contributed by atoms with Crippen molar-refractivity contribution < 1.29 is 9.32 Å². The maximum absolute atomic E-state index is 11.7. The number of carbonyl (C=O) groups excluding carboxylic acids is 1. The Morgan fingerprint density at radius 1 is 1.65 bits per heavy atom. The van der Waals surface area contributed by atoms with Gasteiger partial charge in [-0.25, -0.2) is 0 Å². The van der Waals surface area contributed by atoms with Gasteiger partial charge in [0.2, 0.25) is 11.8 Å². The summed E-state index contributed by atoms with van der Waals surface area (Å²) in [6.07, 6.45) is 0.951. The van der Waals surface area contributed by atoms with E-state index in [0.29, 0.717) is 31.1 Å². The van der Waals surface area contributed by atoms with Gasteiger partial charge in [0.25, 0.3) is 0 Å². The third kappa shape index (κ3) is 3.28. The van der Waals surface area contributed by atoms with Crippen LogP contribution < -0.4 is 5.32 Å². The minimum Gasteiger partial charge on any atom is -0.354 e. The first-order valence-electron chi connectivity index (χ1n) is 5.50. The molecular weight excluding hydrogens is 220 g/mol. The fourth-order valence-electron chi connectivity index (χ4n) is 1.21. The minimum atomic E-state index is -0.968. The van der Waals surface area contributed by atoms with Crippen LogP contribution in [0.5, 0.6) is 0 Å². The molecule has 0 bridgehead atoms. The van der Waals surface area contributed by atoms with Crippen LogP contribution >= 0.6 is 0 Å². The number of hydrogen-bond acceptors (Lipinski definition) is 5. The molecule has 0 saturated carbocycles. The summed E-state index contributed by atoms with van der Waals surface area (Å²) in [6.45, 7) is 5.55. The highest BCUT2D eigenvalue weighted by molar-refractivity contribution is 5.84. The smallest absolute Gasteiger partial charge is 0.240 e. The van der Waals surface area contributed by atoms with Gasteiger partial charge < -0.3 is 9.84 Å². The van der Waals surface area contributed by atoms with Gasteiger partial charge in [-0.2, -0.15) is 10.2 Å². The zero-order valence-electron chi connectivity index (χ0n) is 10.3. The van der Waals surface area contributed by atoms with E-state index in [1.165, 1.54) is 0 Å². The second-order valence-electron chi connectivity index (χ2n) is 4.04. The summed E-state index contributed by atoms with van der Waals surface area (Å²) in [5, 5.41) is 15.3. The molecule has 1 aromatic rings. The Morgan fingerprint density at radius 2 is 2.35 bits per heavy atom. The van der Waals surface area contributed by atoms with Crippen LogP contribution in [-0.2, 0) is 11.2 Å². The first-order chi connectivity index (χ1) is 8.01. The molecule has 0 aliphatic heterocycles. The van der Waals surface area contributed by atoms with Gasteiger partial charge in [0.15, 0.2) is 5.82 Å². The first kappa shape index (κ1) is 13.2. The Labute approximate surface area is 100 Å². The Morgan fingerprint density at radius 3 is 2.82 bits per heavy atom. The quantitative estimate of drug-likeness (QED) is 0.822. The molecule has 0 fully saturated rings. The number of aryl methyl sites for hydroxylation is 1. The van der Waals surface area contributed by atoms with E-state index in [1.807, 2.05) is 13.0 Å². The second-order valence-corrected chi connectivity index (χ2v) is 4.04. The van der Waals surface area contributed by atoms with E-state index in [9.17, 15) is 4.79 Å². The monoisotopic (exact) mass is 236 g/mol. The SMILES string of the molecule is CCC(C)(C#N)C(=O)NCCc1nc(C)no1. The Kier molecular flexibility index (Phi) is 4.21. The number of hydrogen-bond donors (Lipinski definition) is 1. The molecule has 0 aromatic carbocycles. The van der Waals surface area contributed by atoms with Crippen molar-refractivity contribution in [2.75, 3.05) is 6.54 Å². The number of nitrogens with one attached hydrogen (secondary N) is 1. The fourth-order valence-corrected chi connectivity index (χ4v) is 1.21. The molecule has 1 N–H and O–H groups in total. The number of carbonyl (C=O) groups is 1. The highest BCUT2D eigenvalue weighted by atomic mass is 16.5. The van der Waals surface area contributed by atoms with E-state index in [1.54, 1.807) is 13.8 Å². The molecule has 6 heteroatoms. The summed E-state index contributed by atoms with van der Waals surface area (Å²) < 4.78 is 4.91. The highest BCUT2D eigenvalue weighted by Gasteiger charge is 2.30. The van der Waals surface area contributed by atoms with Crippen LogP contribution in [0.15, 0.2) is 4.52 Å². The molecule has 0 aliphatic carbocycles. The van der Waals surface area contributed by atoms with E-state index in [0.717, 1.165) is 0 Å².